The molecule has 12 nitrogen and oxygen atoms in total. The predicted octanol–water partition coefficient (Wildman–Crippen LogP) is 4.57. The molecule has 1 unspecified atom stereocenters. The number of amides is 5. The fourth-order valence-electron chi connectivity index (χ4n) is 8.43. The lowest BCUT2D eigenvalue weighted by Crippen LogP contribution is -2.54. The molecule has 5 aliphatic rings. The zero-order valence-electron chi connectivity index (χ0n) is 29.1. The van der Waals surface area contributed by atoms with Crippen LogP contribution in [0, 0.1) is 17.2 Å². The molecule has 8 rings (SSSR count). The second-order valence-corrected chi connectivity index (χ2v) is 15.1. The van der Waals surface area contributed by atoms with E-state index in [1.54, 1.807) is 18.2 Å². The number of ether oxygens (including phenoxy) is 1. The van der Waals surface area contributed by atoms with Crippen molar-refractivity contribution in [2.45, 2.75) is 76.2 Å². The third kappa shape index (κ3) is 6.99. The minimum absolute atomic E-state index is 0.0182. The van der Waals surface area contributed by atoms with Gasteiger partial charge in [0.15, 0.2) is 0 Å². The standard InChI is InChI=1S/C40H39ClN6O6/c41-34-18-31(7-3-25(34)19-42)53-30-8-4-28(17-30)43-37(49)24-1-5-29(6-2-24)46-13-11-23(12-14-46)20-45-21-26-15-32-33(16-27(26)22-45)40(52)47(39(32)51)35-9-10-36(48)44-38(35)50/h1-3,5-7,15-16,18,23,28,30,35H,4,8-14,17,20-22H2,(H,43,49)(H,44,48,50)/t28-,30+,35?/m0/s1. The molecule has 0 bridgehead atoms. The van der Waals surface area contributed by atoms with Gasteiger partial charge in [0, 0.05) is 68.9 Å². The highest BCUT2D eigenvalue weighted by atomic mass is 35.5. The number of hydrogen-bond donors (Lipinski definition) is 2. The molecule has 4 aliphatic heterocycles. The van der Waals surface area contributed by atoms with Gasteiger partial charge in [0.05, 0.1) is 21.7 Å². The van der Waals surface area contributed by atoms with E-state index in [0.717, 1.165) is 67.0 Å². The quantitative estimate of drug-likeness (QED) is 0.317. The van der Waals surface area contributed by atoms with Crippen LogP contribution in [0.4, 0.5) is 5.69 Å². The first-order chi connectivity index (χ1) is 25.6. The highest BCUT2D eigenvalue weighted by molar-refractivity contribution is 6.31. The average Bonchev–Trinajstić information content (AvgIpc) is 3.83. The summed E-state index contributed by atoms with van der Waals surface area (Å²) in [5, 5.41) is 14.8. The van der Waals surface area contributed by atoms with Gasteiger partial charge in [-0.2, -0.15) is 5.26 Å². The number of nitrogens with one attached hydrogen (secondary N) is 2. The van der Waals surface area contributed by atoms with Crippen molar-refractivity contribution < 1.29 is 28.7 Å². The second kappa shape index (κ2) is 14.3. The Labute approximate surface area is 312 Å². The van der Waals surface area contributed by atoms with Crippen molar-refractivity contribution >= 4 is 46.8 Å². The van der Waals surface area contributed by atoms with Crippen molar-refractivity contribution in [3.8, 4) is 11.8 Å². The maximum atomic E-state index is 13.3. The van der Waals surface area contributed by atoms with Crippen molar-refractivity contribution in [3.63, 3.8) is 0 Å². The van der Waals surface area contributed by atoms with Gasteiger partial charge in [-0.05, 0) is 97.7 Å². The number of benzene rings is 3. The number of carbonyl (C=O) groups excluding carboxylic acids is 5. The number of rotatable bonds is 8. The molecule has 4 heterocycles. The average molecular weight is 735 g/mol. The summed E-state index contributed by atoms with van der Waals surface area (Å²) in [6, 6.07) is 17.6. The zero-order chi connectivity index (χ0) is 36.8. The van der Waals surface area contributed by atoms with Gasteiger partial charge in [0.25, 0.3) is 17.7 Å². The zero-order valence-corrected chi connectivity index (χ0v) is 29.9. The van der Waals surface area contributed by atoms with Crippen LogP contribution in [0.3, 0.4) is 0 Å². The Bertz CT molecular complexity index is 2010. The Morgan fingerprint density at radius 3 is 2.25 bits per heavy atom. The van der Waals surface area contributed by atoms with Crippen LogP contribution in [-0.4, -0.2) is 77.2 Å². The first kappa shape index (κ1) is 34.8. The number of anilines is 1. The molecule has 3 aromatic carbocycles. The van der Waals surface area contributed by atoms with Crippen LogP contribution < -0.4 is 20.3 Å². The Kier molecular flexibility index (Phi) is 9.39. The summed E-state index contributed by atoms with van der Waals surface area (Å²) >= 11 is 6.14. The van der Waals surface area contributed by atoms with Crippen molar-refractivity contribution in [1.82, 2.24) is 20.4 Å². The Balaban J connectivity index is 0.793. The van der Waals surface area contributed by atoms with Gasteiger partial charge < -0.3 is 15.0 Å². The normalized spacial score (nSPS) is 23.1. The van der Waals surface area contributed by atoms with Gasteiger partial charge >= 0.3 is 0 Å². The second-order valence-electron chi connectivity index (χ2n) is 14.7. The largest absolute Gasteiger partial charge is 0.490 e. The van der Waals surface area contributed by atoms with Crippen LogP contribution in [0.15, 0.2) is 54.6 Å². The molecule has 5 amide bonds. The molecule has 3 fully saturated rings. The highest BCUT2D eigenvalue weighted by Gasteiger charge is 2.45. The summed E-state index contributed by atoms with van der Waals surface area (Å²) in [6.07, 6.45) is 4.61. The smallest absolute Gasteiger partial charge is 0.262 e. The SMILES string of the molecule is N#Cc1ccc(O[C@@H]2CC[C@H](NC(=O)c3ccc(N4CCC(CN5Cc6cc7c(cc6C5)C(=O)N(C5CCC(=O)NC5=O)C7=O)CC4)cc3)C2)cc1Cl. The monoisotopic (exact) mass is 734 g/mol. The Morgan fingerprint density at radius 2 is 1.60 bits per heavy atom. The molecule has 0 aromatic heterocycles. The van der Waals surface area contributed by atoms with Gasteiger partial charge in [-0.15, -0.1) is 0 Å². The molecule has 2 saturated heterocycles. The van der Waals surface area contributed by atoms with Crippen molar-refractivity contribution in [3.05, 3.63) is 93.0 Å². The van der Waals surface area contributed by atoms with E-state index in [2.05, 4.69) is 20.4 Å². The maximum absolute atomic E-state index is 13.3. The van der Waals surface area contributed by atoms with Crippen LogP contribution in [0.1, 0.15) is 92.7 Å². The maximum Gasteiger partial charge on any atom is 0.262 e. The van der Waals surface area contributed by atoms with E-state index in [1.807, 2.05) is 42.5 Å². The summed E-state index contributed by atoms with van der Waals surface area (Å²) in [4.78, 5) is 69.4. The first-order valence-corrected chi connectivity index (χ1v) is 18.6. The molecule has 2 N–H and O–H groups in total. The van der Waals surface area contributed by atoms with Crippen LogP contribution in [-0.2, 0) is 22.7 Å². The fourth-order valence-corrected chi connectivity index (χ4v) is 8.64. The van der Waals surface area contributed by atoms with Gasteiger partial charge in [-0.25, -0.2) is 0 Å². The highest BCUT2D eigenvalue weighted by Crippen LogP contribution is 2.35. The Morgan fingerprint density at radius 1 is 0.906 bits per heavy atom. The number of nitrogens with zero attached hydrogens (tertiary/aromatic N) is 4. The summed E-state index contributed by atoms with van der Waals surface area (Å²) in [5.41, 5.74) is 4.86. The van der Waals surface area contributed by atoms with Gasteiger partial charge in [0.2, 0.25) is 11.8 Å². The molecule has 272 valence electrons. The van der Waals surface area contributed by atoms with E-state index in [0.29, 0.717) is 58.5 Å². The molecule has 3 atom stereocenters. The van der Waals surface area contributed by atoms with Crippen molar-refractivity contribution in [2.75, 3.05) is 24.5 Å². The predicted molar refractivity (Wildman–Crippen MR) is 194 cm³/mol. The summed E-state index contributed by atoms with van der Waals surface area (Å²) in [6.45, 7) is 4.15. The number of halogens is 1. The van der Waals surface area contributed by atoms with E-state index < -0.39 is 23.8 Å². The van der Waals surface area contributed by atoms with E-state index in [9.17, 15) is 24.0 Å². The number of carbonyl (C=O) groups is 5. The van der Waals surface area contributed by atoms with E-state index in [4.69, 9.17) is 21.6 Å². The molecule has 1 saturated carbocycles. The lowest BCUT2D eigenvalue weighted by atomic mass is 9.95. The third-order valence-corrected chi connectivity index (χ3v) is 11.6. The van der Waals surface area contributed by atoms with Crippen LogP contribution in [0.2, 0.25) is 5.02 Å². The molecule has 0 spiro atoms. The van der Waals surface area contributed by atoms with Gasteiger partial charge in [-0.1, -0.05) is 11.6 Å². The molecule has 1 aliphatic carbocycles. The number of hydrogen-bond acceptors (Lipinski definition) is 9. The van der Waals surface area contributed by atoms with Gasteiger partial charge in [0.1, 0.15) is 24.0 Å². The van der Waals surface area contributed by atoms with Crippen molar-refractivity contribution in [1.29, 1.82) is 5.26 Å². The fraction of sp³-hybridized carbons (Fsp3) is 0.400. The van der Waals surface area contributed by atoms with Crippen LogP contribution in [0.25, 0.3) is 0 Å². The number of nitriles is 1. The molecular weight excluding hydrogens is 696 g/mol. The molecule has 53 heavy (non-hydrogen) atoms. The molecule has 0 radical (unpaired) electrons. The number of fused-ring (bicyclic) bond motifs is 2. The Hall–Kier alpha value is -5.25. The summed E-state index contributed by atoms with van der Waals surface area (Å²) in [5.74, 6) is -0.897. The van der Waals surface area contributed by atoms with E-state index in [1.165, 1.54) is 0 Å². The molecule has 3 aromatic rings. The summed E-state index contributed by atoms with van der Waals surface area (Å²) in [7, 11) is 0. The lowest BCUT2D eigenvalue weighted by Gasteiger charge is -2.35. The van der Waals surface area contributed by atoms with Crippen LogP contribution in [0.5, 0.6) is 5.75 Å². The minimum Gasteiger partial charge on any atom is -0.490 e. The molecule has 13 heteroatoms. The van der Waals surface area contributed by atoms with E-state index in [-0.39, 0.29) is 36.8 Å². The van der Waals surface area contributed by atoms with Crippen molar-refractivity contribution in [2.24, 2.45) is 5.92 Å². The third-order valence-electron chi connectivity index (χ3n) is 11.3. The number of imide groups is 2. The van der Waals surface area contributed by atoms with Gasteiger partial charge in [-0.3, -0.25) is 39.1 Å². The first-order valence-electron chi connectivity index (χ1n) is 18.3. The van der Waals surface area contributed by atoms with Crippen LogP contribution >= 0.6 is 11.6 Å². The number of piperidine rings is 2. The lowest BCUT2D eigenvalue weighted by molar-refractivity contribution is -0.136. The van der Waals surface area contributed by atoms with E-state index >= 15 is 0 Å². The minimum atomic E-state index is -0.962. The molecular formula is C40H39ClN6O6. The topological polar surface area (TPSA) is 152 Å². The summed E-state index contributed by atoms with van der Waals surface area (Å²) < 4.78 is 6.07.